The lowest BCUT2D eigenvalue weighted by Crippen LogP contribution is -2.09. The van der Waals surface area contributed by atoms with Crippen molar-refractivity contribution in [2.24, 2.45) is 0 Å². The van der Waals surface area contributed by atoms with Gasteiger partial charge in [-0.1, -0.05) is 48.0 Å². The summed E-state index contributed by atoms with van der Waals surface area (Å²) in [6.07, 6.45) is -0.357. The highest BCUT2D eigenvalue weighted by molar-refractivity contribution is 7.87. The van der Waals surface area contributed by atoms with Gasteiger partial charge in [-0.2, -0.15) is 8.42 Å². The Labute approximate surface area is 169 Å². The maximum atomic E-state index is 12.5. The summed E-state index contributed by atoms with van der Waals surface area (Å²) in [7, 11) is -2.30. The third kappa shape index (κ3) is 4.04. The predicted octanol–water partition coefficient (Wildman–Crippen LogP) is 5.24. The van der Waals surface area contributed by atoms with Crippen molar-refractivity contribution in [1.29, 1.82) is 0 Å². The van der Waals surface area contributed by atoms with E-state index in [1.54, 1.807) is 37.4 Å². The summed E-state index contributed by atoms with van der Waals surface area (Å²) in [4.78, 5) is 0.104. The maximum Gasteiger partial charge on any atom is 0.339 e. The molecule has 1 aromatic heterocycles. The number of benzene rings is 3. The topological polar surface area (TPSA) is 65.7 Å². The molecule has 0 aliphatic rings. The minimum absolute atomic E-state index is 0.104. The molecule has 29 heavy (non-hydrogen) atoms. The van der Waals surface area contributed by atoms with Crippen LogP contribution in [0.25, 0.3) is 11.0 Å². The monoisotopic (exact) mass is 408 g/mol. The van der Waals surface area contributed by atoms with Crippen LogP contribution in [0.4, 0.5) is 0 Å². The Hall–Kier alpha value is -3.09. The third-order valence-electron chi connectivity index (χ3n) is 4.62. The summed E-state index contributed by atoms with van der Waals surface area (Å²) in [5.41, 5.74) is 2.46. The fourth-order valence-electron chi connectivity index (χ4n) is 3.14. The van der Waals surface area contributed by atoms with Crippen LogP contribution in [0.5, 0.6) is 5.75 Å². The molecule has 5 nitrogen and oxygen atoms in total. The zero-order valence-electron chi connectivity index (χ0n) is 16.0. The van der Waals surface area contributed by atoms with Gasteiger partial charge in [0.2, 0.25) is 0 Å². The van der Waals surface area contributed by atoms with E-state index < -0.39 is 10.1 Å². The van der Waals surface area contributed by atoms with Gasteiger partial charge in [-0.25, -0.2) is 0 Å². The Morgan fingerprint density at radius 2 is 1.62 bits per heavy atom. The Kier molecular flexibility index (Phi) is 5.13. The van der Waals surface area contributed by atoms with Crippen molar-refractivity contribution < 1.29 is 21.8 Å². The van der Waals surface area contributed by atoms with Crippen LogP contribution in [0.15, 0.2) is 88.2 Å². The van der Waals surface area contributed by atoms with Gasteiger partial charge in [0.15, 0.2) is 0 Å². The van der Waals surface area contributed by atoms with Gasteiger partial charge in [-0.3, -0.25) is 0 Å². The first-order chi connectivity index (χ1) is 14.0. The van der Waals surface area contributed by atoms with Crippen LogP contribution in [0.2, 0.25) is 0 Å². The standard InChI is InChI=1S/C23H20O5S/c1-16-8-12-20(13-9-16)29(24,25)28-19-11-10-18-14-22(27-21(18)15-19)23(26-2)17-6-4-3-5-7-17/h3-15,23H,1-2H3. The second-order valence-electron chi connectivity index (χ2n) is 6.73. The maximum absolute atomic E-state index is 12.5. The number of aryl methyl sites for hydroxylation is 1. The molecule has 0 aliphatic carbocycles. The van der Waals surface area contributed by atoms with E-state index in [0.29, 0.717) is 11.3 Å². The Morgan fingerprint density at radius 1 is 0.897 bits per heavy atom. The van der Waals surface area contributed by atoms with E-state index in [2.05, 4.69) is 0 Å². The van der Waals surface area contributed by atoms with Gasteiger partial charge in [0.25, 0.3) is 0 Å². The molecule has 3 aromatic carbocycles. The molecule has 1 atom stereocenters. The highest BCUT2D eigenvalue weighted by Gasteiger charge is 2.20. The molecule has 148 valence electrons. The van der Waals surface area contributed by atoms with Crippen LogP contribution in [0, 0.1) is 6.92 Å². The molecule has 0 fully saturated rings. The minimum Gasteiger partial charge on any atom is -0.458 e. The SMILES string of the molecule is COC(c1ccccc1)c1cc2ccc(OS(=O)(=O)c3ccc(C)cc3)cc2o1. The van der Waals surface area contributed by atoms with Crippen molar-refractivity contribution >= 4 is 21.1 Å². The van der Waals surface area contributed by atoms with Crippen molar-refractivity contribution in [1.82, 2.24) is 0 Å². The van der Waals surface area contributed by atoms with E-state index in [4.69, 9.17) is 13.3 Å². The highest BCUT2D eigenvalue weighted by atomic mass is 32.2. The normalized spacial score (nSPS) is 12.8. The van der Waals surface area contributed by atoms with Gasteiger partial charge in [-0.05, 0) is 42.8 Å². The molecule has 1 unspecified atom stereocenters. The fourth-order valence-corrected chi connectivity index (χ4v) is 4.06. The Bertz CT molecular complexity index is 1230. The van der Waals surface area contributed by atoms with E-state index >= 15 is 0 Å². The summed E-state index contributed by atoms with van der Waals surface area (Å²) in [6.45, 7) is 1.89. The molecule has 4 rings (SSSR count). The van der Waals surface area contributed by atoms with Gasteiger partial charge in [-0.15, -0.1) is 0 Å². The van der Waals surface area contributed by atoms with E-state index in [9.17, 15) is 8.42 Å². The van der Waals surface area contributed by atoms with Crippen LogP contribution in [0.3, 0.4) is 0 Å². The summed E-state index contributed by atoms with van der Waals surface area (Å²) >= 11 is 0. The van der Waals surface area contributed by atoms with Crippen LogP contribution >= 0.6 is 0 Å². The van der Waals surface area contributed by atoms with Crippen molar-refractivity contribution in [2.75, 3.05) is 7.11 Å². The first-order valence-corrected chi connectivity index (χ1v) is 10.5. The van der Waals surface area contributed by atoms with E-state index in [1.165, 1.54) is 12.1 Å². The molecule has 6 heteroatoms. The van der Waals surface area contributed by atoms with Crippen LogP contribution < -0.4 is 4.18 Å². The highest BCUT2D eigenvalue weighted by Crippen LogP contribution is 2.32. The summed E-state index contributed by atoms with van der Waals surface area (Å²) in [5.74, 6) is 0.819. The second kappa shape index (κ2) is 7.73. The molecular formula is C23H20O5S. The quantitative estimate of drug-likeness (QED) is 0.408. The molecule has 0 spiro atoms. The summed E-state index contributed by atoms with van der Waals surface area (Å²) in [5, 5.41) is 0.832. The predicted molar refractivity (Wildman–Crippen MR) is 111 cm³/mol. The number of hydrogen-bond acceptors (Lipinski definition) is 5. The first-order valence-electron chi connectivity index (χ1n) is 9.09. The zero-order valence-corrected chi connectivity index (χ0v) is 16.8. The largest absolute Gasteiger partial charge is 0.458 e. The van der Waals surface area contributed by atoms with Crippen molar-refractivity contribution in [2.45, 2.75) is 17.9 Å². The number of fused-ring (bicyclic) bond motifs is 1. The van der Waals surface area contributed by atoms with Crippen molar-refractivity contribution in [3.8, 4) is 5.75 Å². The summed E-state index contributed by atoms with van der Waals surface area (Å²) < 4.78 is 41.9. The number of ether oxygens (including phenoxy) is 1. The lowest BCUT2D eigenvalue weighted by molar-refractivity contribution is 0.118. The molecule has 0 amide bonds. The lowest BCUT2D eigenvalue weighted by Gasteiger charge is -2.12. The van der Waals surface area contributed by atoms with E-state index in [-0.39, 0.29) is 16.7 Å². The van der Waals surface area contributed by atoms with Gasteiger partial charge in [0, 0.05) is 18.6 Å². The van der Waals surface area contributed by atoms with Gasteiger partial charge in [0.05, 0.1) is 0 Å². The average molecular weight is 408 g/mol. The van der Waals surface area contributed by atoms with E-state index in [0.717, 1.165) is 16.5 Å². The second-order valence-corrected chi connectivity index (χ2v) is 8.27. The number of furan rings is 1. The molecule has 0 N–H and O–H groups in total. The Balaban J connectivity index is 1.64. The van der Waals surface area contributed by atoms with Gasteiger partial charge >= 0.3 is 10.1 Å². The van der Waals surface area contributed by atoms with Crippen LogP contribution in [0.1, 0.15) is 23.0 Å². The van der Waals surface area contributed by atoms with Gasteiger partial charge < -0.3 is 13.3 Å². The number of hydrogen-bond donors (Lipinski definition) is 0. The average Bonchev–Trinajstić information content (AvgIpc) is 3.12. The fraction of sp³-hybridized carbons (Fsp3) is 0.130. The minimum atomic E-state index is -3.92. The molecule has 0 aliphatic heterocycles. The van der Waals surface area contributed by atoms with Crippen LogP contribution in [-0.2, 0) is 14.9 Å². The number of methoxy groups -OCH3 is 1. The van der Waals surface area contributed by atoms with Crippen molar-refractivity contribution in [3.05, 3.63) is 95.7 Å². The molecule has 0 saturated heterocycles. The third-order valence-corrected chi connectivity index (χ3v) is 5.88. The summed E-state index contributed by atoms with van der Waals surface area (Å²) in [6, 6.07) is 23.1. The van der Waals surface area contributed by atoms with E-state index in [1.807, 2.05) is 43.3 Å². The zero-order chi connectivity index (χ0) is 20.4. The molecule has 0 bridgehead atoms. The molecular weight excluding hydrogens is 388 g/mol. The molecule has 0 radical (unpaired) electrons. The molecule has 4 aromatic rings. The molecule has 1 heterocycles. The number of rotatable bonds is 6. The van der Waals surface area contributed by atoms with Gasteiger partial charge in [0.1, 0.15) is 28.1 Å². The van der Waals surface area contributed by atoms with Crippen molar-refractivity contribution in [3.63, 3.8) is 0 Å². The Morgan fingerprint density at radius 3 is 2.31 bits per heavy atom. The first kappa shape index (κ1) is 19.2. The molecule has 0 saturated carbocycles. The smallest absolute Gasteiger partial charge is 0.339 e. The lowest BCUT2D eigenvalue weighted by atomic mass is 10.1. The van der Waals surface area contributed by atoms with Crippen LogP contribution in [-0.4, -0.2) is 15.5 Å².